The number of sulfone groups is 1. The molecule has 11 heteroatoms. The first kappa shape index (κ1) is 23.9. The smallest absolute Gasteiger partial charge is 0.204 e. The third-order valence-corrected chi connectivity index (χ3v) is 7.44. The van der Waals surface area contributed by atoms with Crippen LogP contribution in [0.25, 0.3) is 0 Å². The minimum Gasteiger partial charge on any atom is -0.490 e. The average molecular weight is 477 g/mol. The van der Waals surface area contributed by atoms with Crippen LogP contribution in [0.4, 0.5) is 17.5 Å². The Morgan fingerprint density at radius 1 is 1.12 bits per heavy atom. The van der Waals surface area contributed by atoms with Crippen LogP contribution in [0.2, 0.25) is 0 Å². The topological polar surface area (TPSA) is 113 Å². The molecular formula is C21H28N6O3S2. The predicted octanol–water partition coefficient (Wildman–Crippen LogP) is 4.05. The zero-order chi connectivity index (χ0) is 23.3. The molecule has 3 rings (SSSR count). The van der Waals surface area contributed by atoms with Crippen LogP contribution in [0, 0.1) is 6.92 Å². The second-order valence-corrected chi connectivity index (χ2v) is 10.2. The molecule has 9 nitrogen and oxygen atoms in total. The normalized spacial score (nSPS) is 11.4. The van der Waals surface area contributed by atoms with Gasteiger partial charge in [0.25, 0.3) is 0 Å². The van der Waals surface area contributed by atoms with Gasteiger partial charge in [0.15, 0.2) is 32.4 Å². The van der Waals surface area contributed by atoms with Gasteiger partial charge in [0.1, 0.15) is 0 Å². The van der Waals surface area contributed by atoms with E-state index in [9.17, 15) is 8.42 Å². The molecule has 0 aliphatic heterocycles. The molecule has 0 aliphatic rings. The summed E-state index contributed by atoms with van der Waals surface area (Å²) in [5.41, 5.74) is 0.918. The van der Waals surface area contributed by atoms with Crippen LogP contribution in [0.15, 0.2) is 45.3 Å². The zero-order valence-electron chi connectivity index (χ0n) is 18.8. The second-order valence-electron chi connectivity index (χ2n) is 6.92. The van der Waals surface area contributed by atoms with E-state index < -0.39 is 9.84 Å². The molecule has 0 radical (unpaired) electrons. The number of benzene rings is 1. The van der Waals surface area contributed by atoms with Crippen molar-refractivity contribution in [1.29, 1.82) is 0 Å². The molecule has 0 spiro atoms. The van der Waals surface area contributed by atoms with Gasteiger partial charge in [-0.3, -0.25) is 5.10 Å². The third-order valence-electron chi connectivity index (χ3n) is 4.82. The standard InChI is InChI=1S/C21H28N6O3S2/c1-6-27(7-2)20-18(30-5)19(22-17-13-14(4)25-26-17)23-21(24-20)31-15-9-11-16(12-10-15)32(28,29)8-3/h9-13H,6-8H2,1-5H3,(H2,22,23,24,25,26). The maximum absolute atomic E-state index is 12.1. The van der Waals surface area contributed by atoms with Crippen molar-refractivity contribution in [1.82, 2.24) is 20.2 Å². The largest absolute Gasteiger partial charge is 0.490 e. The van der Waals surface area contributed by atoms with E-state index in [4.69, 9.17) is 9.72 Å². The molecule has 2 heterocycles. The molecule has 2 N–H and O–H groups in total. The molecule has 0 fully saturated rings. The summed E-state index contributed by atoms with van der Waals surface area (Å²) in [7, 11) is -1.65. The number of nitrogens with zero attached hydrogens (tertiary/aromatic N) is 4. The second kappa shape index (κ2) is 10.2. The van der Waals surface area contributed by atoms with E-state index in [1.54, 1.807) is 38.3 Å². The molecule has 2 aromatic heterocycles. The number of rotatable bonds is 10. The summed E-state index contributed by atoms with van der Waals surface area (Å²) in [5.74, 6) is 2.40. The van der Waals surface area contributed by atoms with E-state index >= 15 is 0 Å². The van der Waals surface area contributed by atoms with E-state index in [0.29, 0.717) is 33.3 Å². The molecule has 32 heavy (non-hydrogen) atoms. The van der Waals surface area contributed by atoms with Crippen molar-refractivity contribution in [3.8, 4) is 5.75 Å². The average Bonchev–Trinajstić information content (AvgIpc) is 3.19. The molecule has 0 aliphatic carbocycles. The van der Waals surface area contributed by atoms with Crippen molar-refractivity contribution >= 4 is 39.1 Å². The highest BCUT2D eigenvalue weighted by atomic mass is 32.2. The van der Waals surface area contributed by atoms with Gasteiger partial charge in [0.2, 0.25) is 5.75 Å². The zero-order valence-corrected chi connectivity index (χ0v) is 20.5. The Bertz CT molecular complexity index is 1160. The third kappa shape index (κ3) is 5.33. The molecule has 0 atom stereocenters. The van der Waals surface area contributed by atoms with Gasteiger partial charge in [-0.25, -0.2) is 18.4 Å². The SMILES string of the molecule is CCN(CC)c1nc(Sc2ccc(S(=O)(=O)CC)cc2)nc(Nc2cc(C)[nH]n2)c1OC. The number of methoxy groups -OCH3 is 1. The van der Waals surface area contributed by atoms with E-state index in [0.717, 1.165) is 23.7 Å². The van der Waals surface area contributed by atoms with Crippen LogP contribution in [-0.4, -0.2) is 54.5 Å². The highest BCUT2D eigenvalue weighted by Crippen LogP contribution is 2.38. The summed E-state index contributed by atoms with van der Waals surface area (Å²) < 4.78 is 29.8. The van der Waals surface area contributed by atoms with Gasteiger partial charge in [-0.2, -0.15) is 5.10 Å². The number of aromatic nitrogens is 4. The Morgan fingerprint density at radius 3 is 2.34 bits per heavy atom. The van der Waals surface area contributed by atoms with E-state index in [1.165, 1.54) is 11.8 Å². The summed E-state index contributed by atoms with van der Waals surface area (Å²) in [4.78, 5) is 12.6. The highest BCUT2D eigenvalue weighted by Gasteiger charge is 2.21. The van der Waals surface area contributed by atoms with Gasteiger partial charge >= 0.3 is 0 Å². The molecule has 0 bridgehead atoms. The molecule has 3 aromatic rings. The summed E-state index contributed by atoms with van der Waals surface area (Å²) in [6.45, 7) is 9.15. The Kier molecular flexibility index (Phi) is 7.62. The van der Waals surface area contributed by atoms with Gasteiger partial charge in [-0.05, 0) is 56.8 Å². The van der Waals surface area contributed by atoms with Crippen molar-refractivity contribution < 1.29 is 13.2 Å². The number of H-pyrrole nitrogens is 1. The molecule has 172 valence electrons. The maximum atomic E-state index is 12.1. The number of aryl methyl sites for hydroxylation is 1. The quantitative estimate of drug-likeness (QED) is 0.418. The summed E-state index contributed by atoms with van der Waals surface area (Å²) in [6.07, 6.45) is 0. The molecule has 0 saturated carbocycles. The predicted molar refractivity (Wildman–Crippen MR) is 127 cm³/mol. The lowest BCUT2D eigenvalue weighted by Gasteiger charge is -2.23. The fourth-order valence-corrected chi connectivity index (χ4v) is 4.70. The Balaban J connectivity index is 2.00. The van der Waals surface area contributed by atoms with Gasteiger partial charge in [-0.1, -0.05) is 6.92 Å². The minimum absolute atomic E-state index is 0.0655. The molecule has 0 amide bonds. The van der Waals surface area contributed by atoms with Gasteiger partial charge in [-0.15, -0.1) is 0 Å². The number of anilines is 3. The van der Waals surface area contributed by atoms with Crippen molar-refractivity contribution in [3.63, 3.8) is 0 Å². The van der Waals surface area contributed by atoms with E-state index in [1.807, 2.05) is 13.0 Å². The first-order valence-corrected chi connectivity index (χ1v) is 12.8. The summed E-state index contributed by atoms with van der Waals surface area (Å²) >= 11 is 1.35. The van der Waals surface area contributed by atoms with E-state index in [2.05, 4.69) is 39.2 Å². The van der Waals surface area contributed by atoms with Crippen LogP contribution < -0.4 is 15.0 Å². The molecule has 0 unspecified atom stereocenters. The first-order chi connectivity index (χ1) is 15.3. The number of ether oxygens (including phenoxy) is 1. The molecular weight excluding hydrogens is 448 g/mol. The summed E-state index contributed by atoms with van der Waals surface area (Å²) in [6, 6.07) is 8.63. The maximum Gasteiger partial charge on any atom is 0.204 e. The minimum atomic E-state index is -3.24. The molecule has 0 saturated heterocycles. The number of aromatic amines is 1. The van der Waals surface area contributed by atoms with Gasteiger partial charge in [0, 0.05) is 29.7 Å². The monoisotopic (exact) mass is 476 g/mol. The Labute approximate surface area is 192 Å². The lowest BCUT2D eigenvalue weighted by molar-refractivity contribution is 0.411. The van der Waals surface area contributed by atoms with Crippen LogP contribution in [0.3, 0.4) is 0 Å². The van der Waals surface area contributed by atoms with Crippen molar-refractivity contribution in [2.45, 2.75) is 42.6 Å². The fraction of sp³-hybridized carbons (Fsp3) is 0.381. The van der Waals surface area contributed by atoms with Gasteiger partial charge in [0.05, 0.1) is 17.8 Å². The first-order valence-electron chi connectivity index (χ1n) is 10.3. The van der Waals surface area contributed by atoms with Crippen LogP contribution in [0.1, 0.15) is 26.5 Å². The highest BCUT2D eigenvalue weighted by molar-refractivity contribution is 7.99. The Morgan fingerprint density at radius 2 is 1.81 bits per heavy atom. The van der Waals surface area contributed by atoms with E-state index in [-0.39, 0.29) is 5.75 Å². The Hall–Kier alpha value is -2.79. The fourth-order valence-electron chi connectivity index (χ4n) is 3.06. The van der Waals surface area contributed by atoms with Crippen molar-refractivity contribution in [2.75, 3.05) is 36.2 Å². The summed E-state index contributed by atoms with van der Waals surface area (Å²) in [5, 5.41) is 10.8. The van der Waals surface area contributed by atoms with Crippen molar-refractivity contribution in [3.05, 3.63) is 36.0 Å². The van der Waals surface area contributed by atoms with Gasteiger partial charge < -0.3 is 15.0 Å². The van der Waals surface area contributed by atoms with Crippen LogP contribution >= 0.6 is 11.8 Å². The molecule has 1 aromatic carbocycles. The number of nitrogens with one attached hydrogen (secondary N) is 2. The van der Waals surface area contributed by atoms with Crippen molar-refractivity contribution in [2.24, 2.45) is 0 Å². The number of hydrogen-bond acceptors (Lipinski definition) is 9. The van der Waals surface area contributed by atoms with Crippen LogP contribution in [0.5, 0.6) is 5.75 Å². The lowest BCUT2D eigenvalue weighted by Crippen LogP contribution is -2.24. The lowest BCUT2D eigenvalue weighted by atomic mass is 10.4. The number of hydrogen-bond donors (Lipinski definition) is 2. The van der Waals surface area contributed by atoms with Crippen LogP contribution in [-0.2, 0) is 9.84 Å².